The van der Waals surface area contributed by atoms with Crippen LogP contribution in [0.5, 0.6) is 0 Å². The zero-order valence-electron chi connectivity index (χ0n) is 9.31. The first kappa shape index (κ1) is 12.4. The molecule has 0 nitrogen and oxygen atoms in total. The average Bonchev–Trinajstić information content (AvgIpc) is 2.23. The van der Waals surface area contributed by atoms with Crippen LogP contribution in [0.1, 0.15) is 22.3 Å². The second kappa shape index (κ2) is 4.43. The minimum atomic E-state index is 0. The first-order valence-electron chi connectivity index (χ1n) is 5.08. The van der Waals surface area contributed by atoms with Gasteiger partial charge in [0.15, 0.2) is 0 Å². The molecule has 0 aromatic heterocycles. The van der Waals surface area contributed by atoms with E-state index in [0.717, 1.165) is 0 Å². The van der Waals surface area contributed by atoms with Gasteiger partial charge in [0.2, 0.25) is 0 Å². The van der Waals surface area contributed by atoms with Crippen molar-refractivity contribution < 1.29 is 0 Å². The first-order valence-corrected chi connectivity index (χ1v) is 5.08. The molecule has 0 radical (unpaired) electrons. The fourth-order valence-electron chi connectivity index (χ4n) is 2.10. The standard InChI is InChI=1S/C14H16.Li.H/c1-9-10(2)12(4)14-8-6-5-7-13(14)11(9)3;;/h5-8H,1-4H3;;. The van der Waals surface area contributed by atoms with Crippen molar-refractivity contribution in [1.29, 1.82) is 0 Å². The maximum absolute atomic E-state index is 2.21. The number of hydrogen-bond donors (Lipinski definition) is 0. The molecule has 0 aliphatic heterocycles. The Morgan fingerprint density at radius 3 is 1.27 bits per heavy atom. The summed E-state index contributed by atoms with van der Waals surface area (Å²) in [5.74, 6) is 0. The Labute approximate surface area is 104 Å². The molecule has 15 heavy (non-hydrogen) atoms. The van der Waals surface area contributed by atoms with Crippen molar-refractivity contribution in [3.05, 3.63) is 46.5 Å². The van der Waals surface area contributed by atoms with Gasteiger partial charge in [0.25, 0.3) is 0 Å². The Morgan fingerprint density at radius 1 is 0.600 bits per heavy atom. The molecule has 2 aromatic carbocycles. The van der Waals surface area contributed by atoms with Crippen LogP contribution >= 0.6 is 0 Å². The summed E-state index contributed by atoms with van der Waals surface area (Å²) >= 11 is 0. The molecule has 0 N–H and O–H groups in total. The van der Waals surface area contributed by atoms with Gasteiger partial charge >= 0.3 is 18.9 Å². The van der Waals surface area contributed by atoms with E-state index in [-0.39, 0.29) is 18.9 Å². The van der Waals surface area contributed by atoms with Crippen molar-refractivity contribution in [3.63, 3.8) is 0 Å². The second-order valence-corrected chi connectivity index (χ2v) is 4.05. The predicted octanol–water partition coefficient (Wildman–Crippen LogP) is 3.42. The summed E-state index contributed by atoms with van der Waals surface area (Å²) in [7, 11) is 0. The molecule has 0 atom stereocenters. The van der Waals surface area contributed by atoms with E-state index >= 15 is 0 Å². The SMILES string of the molecule is Cc1c(C)c(C)c2ccccc2c1C.[LiH]. The summed E-state index contributed by atoms with van der Waals surface area (Å²) in [6.45, 7) is 8.85. The molecule has 0 fully saturated rings. The number of hydrogen-bond acceptors (Lipinski definition) is 0. The normalized spacial score (nSPS) is 10.1. The summed E-state index contributed by atoms with van der Waals surface area (Å²) in [6, 6.07) is 8.65. The Bertz CT molecular complexity index is 452. The van der Waals surface area contributed by atoms with E-state index in [1.807, 2.05) is 0 Å². The van der Waals surface area contributed by atoms with E-state index in [9.17, 15) is 0 Å². The molecule has 0 saturated carbocycles. The Balaban J connectivity index is 0.00000112. The molecule has 0 amide bonds. The van der Waals surface area contributed by atoms with Crippen molar-refractivity contribution in [3.8, 4) is 0 Å². The molecule has 0 unspecified atom stereocenters. The monoisotopic (exact) mass is 192 g/mol. The molecule has 0 bridgehead atoms. The third-order valence-corrected chi connectivity index (χ3v) is 3.42. The molecule has 0 saturated heterocycles. The van der Waals surface area contributed by atoms with Gasteiger partial charge in [-0.1, -0.05) is 24.3 Å². The summed E-state index contributed by atoms with van der Waals surface area (Å²) in [5.41, 5.74) is 5.70. The molecule has 2 rings (SSSR count). The molecule has 74 valence electrons. The topological polar surface area (TPSA) is 0 Å². The van der Waals surface area contributed by atoms with E-state index in [0.29, 0.717) is 0 Å². The number of rotatable bonds is 0. The molecule has 1 heteroatoms. The molecule has 0 spiro atoms. The second-order valence-electron chi connectivity index (χ2n) is 4.05. The van der Waals surface area contributed by atoms with Gasteiger partial charge in [0.1, 0.15) is 0 Å². The van der Waals surface area contributed by atoms with E-state index in [2.05, 4.69) is 52.0 Å². The molecule has 0 aliphatic rings. The number of fused-ring (bicyclic) bond motifs is 1. The van der Waals surface area contributed by atoms with Crippen LogP contribution in [0.3, 0.4) is 0 Å². The fourth-order valence-corrected chi connectivity index (χ4v) is 2.10. The zero-order valence-corrected chi connectivity index (χ0v) is 9.31. The maximum atomic E-state index is 2.21. The summed E-state index contributed by atoms with van der Waals surface area (Å²) < 4.78 is 0. The van der Waals surface area contributed by atoms with Crippen LogP contribution in [0.4, 0.5) is 0 Å². The molecule has 0 heterocycles. The molecule has 0 aliphatic carbocycles. The third kappa shape index (κ3) is 1.85. The minimum absolute atomic E-state index is 0. The first-order chi connectivity index (χ1) is 6.63. The van der Waals surface area contributed by atoms with Crippen molar-refractivity contribution >= 4 is 29.6 Å². The van der Waals surface area contributed by atoms with Gasteiger partial charge in [-0.2, -0.15) is 0 Å². The summed E-state index contributed by atoms with van der Waals surface area (Å²) in [6.07, 6.45) is 0. The summed E-state index contributed by atoms with van der Waals surface area (Å²) in [5, 5.41) is 2.79. The van der Waals surface area contributed by atoms with Crippen LogP contribution in [-0.2, 0) is 0 Å². The molecular weight excluding hydrogens is 175 g/mol. The van der Waals surface area contributed by atoms with Gasteiger partial charge in [0, 0.05) is 0 Å². The van der Waals surface area contributed by atoms with Crippen molar-refractivity contribution in [2.24, 2.45) is 0 Å². The van der Waals surface area contributed by atoms with Gasteiger partial charge in [-0.15, -0.1) is 0 Å². The molecule has 2 aromatic rings. The van der Waals surface area contributed by atoms with Crippen molar-refractivity contribution in [2.75, 3.05) is 0 Å². The number of aryl methyl sites for hydroxylation is 2. The van der Waals surface area contributed by atoms with Crippen LogP contribution in [0.15, 0.2) is 24.3 Å². The Morgan fingerprint density at radius 2 is 0.933 bits per heavy atom. The third-order valence-electron chi connectivity index (χ3n) is 3.42. The van der Waals surface area contributed by atoms with Gasteiger partial charge in [-0.3, -0.25) is 0 Å². The summed E-state index contributed by atoms with van der Waals surface area (Å²) in [4.78, 5) is 0. The zero-order chi connectivity index (χ0) is 10.3. The van der Waals surface area contributed by atoms with E-state index in [4.69, 9.17) is 0 Å². The molecular formula is C14H17Li. The van der Waals surface area contributed by atoms with Crippen LogP contribution < -0.4 is 0 Å². The van der Waals surface area contributed by atoms with Gasteiger partial charge < -0.3 is 0 Å². The van der Waals surface area contributed by atoms with Crippen LogP contribution in [-0.4, -0.2) is 18.9 Å². The average molecular weight is 192 g/mol. The Kier molecular flexibility index (Phi) is 3.66. The fraction of sp³-hybridized carbons (Fsp3) is 0.286. The van der Waals surface area contributed by atoms with Crippen LogP contribution in [0, 0.1) is 27.7 Å². The van der Waals surface area contributed by atoms with E-state index < -0.39 is 0 Å². The quantitative estimate of drug-likeness (QED) is 0.561. The van der Waals surface area contributed by atoms with Crippen molar-refractivity contribution in [2.45, 2.75) is 27.7 Å². The van der Waals surface area contributed by atoms with Crippen molar-refractivity contribution in [1.82, 2.24) is 0 Å². The predicted molar refractivity (Wildman–Crippen MR) is 70.0 cm³/mol. The van der Waals surface area contributed by atoms with Gasteiger partial charge in [-0.25, -0.2) is 0 Å². The number of benzene rings is 2. The van der Waals surface area contributed by atoms with Gasteiger partial charge in [0.05, 0.1) is 0 Å². The van der Waals surface area contributed by atoms with E-state index in [1.54, 1.807) is 0 Å². The van der Waals surface area contributed by atoms with E-state index in [1.165, 1.54) is 33.0 Å². The van der Waals surface area contributed by atoms with Crippen LogP contribution in [0.2, 0.25) is 0 Å². The Hall–Kier alpha value is -0.703. The van der Waals surface area contributed by atoms with Crippen LogP contribution in [0.25, 0.3) is 10.8 Å². The van der Waals surface area contributed by atoms with Gasteiger partial charge in [-0.05, 0) is 60.7 Å².